The van der Waals surface area contributed by atoms with E-state index in [9.17, 15) is 9.18 Å². The molecule has 1 aromatic heterocycles. The second kappa shape index (κ2) is 5.41. The van der Waals surface area contributed by atoms with Gasteiger partial charge in [-0.3, -0.25) is 9.78 Å². The summed E-state index contributed by atoms with van der Waals surface area (Å²) in [6.45, 7) is 0.311. The van der Waals surface area contributed by atoms with E-state index in [4.69, 9.17) is 0 Å². The van der Waals surface area contributed by atoms with Crippen molar-refractivity contribution < 1.29 is 9.18 Å². The van der Waals surface area contributed by atoms with Crippen LogP contribution >= 0.6 is 0 Å². The molecule has 0 spiro atoms. The van der Waals surface area contributed by atoms with Crippen molar-refractivity contribution in [2.45, 2.75) is 25.4 Å². The van der Waals surface area contributed by atoms with E-state index < -0.39 is 0 Å². The Balaban J connectivity index is 1.83. The summed E-state index contributed by atoms with van der Waals surface area (Å²) in [7, 11) is 0. The van der Waals surface area contributed by atoms with Crippen LogP contribution in [0.4, 0.5) is 4.39 Å². The largest absolute Gasteiger partial charge is 0.331 e. The molecule has 0 aliphatic heterocycles. The highest BCUT2D eigenvalue weighted by molar-refractivity contribution is 5.94. The molecule has 0 N–H and O–H groups in total. The van der Waals surface area contributed by atoms with E-state index in [2.05, 4.69) is 4.98 Å². The maximum absolute atomic E-state index is 13.7. The van der Waals surface area contributed by atoms with Gasteiger partial charge in [0.15, 0.2) is 0 Å². The molecule has 1 aromatic carbocycles. The Morgan fingerprint density at radius 2 is 2.05 bits per heavy atom. The van der Waals surface area contributed by atoms with Gasteiger partial charge in [-0.1, -0.05) is 18.2 Å². The number of benzene rings is 1. The Morgan fingerprint density at radius 3 is 2.70 bits per heavy atom. The topological polar surface area (TPSA) is 33.2 Å². The molecule has 2 aromatic rings. The molecule has 3 nitrogen and oxygen atoms in total. The highest BCUT2D eigenvalue weighted by atomic mass is 19.1. The van der Waals surface area contributed by atoms with Crippen LogP contribution in [0.2, 0.25) is 0 Å². The fourth-order valence-corrected chi connectivity index (χ4v) is 2.22. The molecule has 0 bridgehead atoms. The fourth-order valence-electron chi connectivity index (χ4n) is 2.22. The molecule has 1 fully saturated rings. The molecule has 4 heteroatoms. The van der Waals surface area contributed by atoms with E-state index in [1.807, 2.05) is 0 Å². The third-order valence-corrected chi connectivity index (χ3v) is 3.46. The zero-order chi connectivity index (χ0) is 13.9. The molecule has 1 heterocycles. The number of pyridine rings is 1. The molecule has 0 unspecified atom stereocenters. The molecule has 1 saturated carbocycles. The minimum absolute atomic E-state index is 0.0798. The minimum Gasteiger partial charge on any atom is -0.331 e. The summed E-state index contributed by atoms with van der Waals surface area (Å²) in [6.07, 6.45) is 5.16. The van der Waals surface area contributed by atoms with Gasteiger partial charge in [0, 0.05) is 30.5 Å². The van der Waals surface area contributed by atoms with E-state index in [1.54, 1.807) is 47.6 Å². The molecular weight excluding hydrogens is 255 g/mol. The molecule has 1 aliphatic carbocycles. The van der Waals surface area contributed by atoms with Gasteiger partial charge in [-0.25, -0.2) is 4.39 Å². The van der Waals surface area contributed by atoms with Crippen molar-refractivity contribution in [2.24, 2.45) is 0 Å². The van der Waals surface area contributed by atoms with Gasteiger partial charge >= 0.3 is 0 Å². The number of amides is 1. The predicted octanol–water partition coefficient (Wildman–Crippen LogP) is 3.03. The lowest BCUT2D eigenvalue weighted by Gasteiger charge is -2.22. The second-order valence-electron chi connectivity index (χ2n) is 5.00. The van der Waals surface area contributed by atoms with Crippen molar-refractivity contribution in [1.29, 1.82) is 0 Å². The molecule has 1 amide bonds. The van der Waals surface area contributed by atoms with Crippen LogP contribution in [-0.2, 0) is 6.54 Å². The normalized spacial score (nSPS) is 14.1. The number of carbonyl (C=O) groups is 1. The Labute approximate surface area is 117 Å². The number of nitrogens with zero attached hydrogens (tertiary/aromatic N) is 2. The minimum atomic E-state index is -0.267. The monoisotopic (exact) mass is 270 g/mol. The summed E-state index contributed by atoms with van der Waals surface area (Å²) in [4.78, 5) is 18.2. The van der Waals surface area contributed by atoms with E-state index in [0.29, 0.717) is 17.7 Å². The maximum atomic E-state index is 13.7. The van der Waals surface area contributed by atoms with Gasteiger partial charge in [0.25, 0.3) is 5.91 Å². The average Bonchev–Trinajstić information content (AvgIpc) is 3.31. The molecule has 0 atom stereocenters. The van der Waals surface area contributed by atoms with Crippen LogP contribution in [0.15, 0.2) is 48.8 Å². The molecule has 0 radical (unpaired) electrons. The zero-order valence-electron chi connectivity index (χ0n) is 11.0. The maximum Gasteiger partial charge on any atom is 0.255 e. The van der Waals surface area contributed by atoms with Gasteiger partial charge in [-0.05, 0) is 31.0 Å². The summed E-state index contributed by atoms with van der Waals surface area (Å²) in [5.74, 6) is -0.346. The van der Waals surface area contributed by atoms with Crippen LogP contribution in [0.5, 0.6) is 0 Å². The summed E-state index contributed by atoms with van der Waals surface area (Å²) < 4.78 is 13.7. The van der Waals surface area contributed by atoms with Crippen molar-refractivity contribution >= 4 is 5.91 Å². The first-order chi connectivity index (χ1) is 9.75. The number of halogens is 1. The molecule has 1 aliphatic rings. The van der Waals surface area contributed by atoms with Gasteiger partial charge in [0.05, 0.1) is 5.56 Å². The lowest BCUT2D eigenvalue weighted by atomic mass is 10.1. The number of rotatable bonds is 4. The first-order valence-corrected chi connectivity index (χ1v) is 6.70. The number of aromatic nitrogens is 1. The van der Waals surface area contributed by atoms with E-state index in [-0.39, 0.29) is 17.8 Å². The summed E-state index contributed by atoms with van der Waals surface area (Å²) in [5.41, 5.74) is 1.10. The van der Waals surface area contributed by atoms with Gasteiger partial charge in [0.2, 0.25) is 0 Å². The van der Waals surface area contributed by atoms with E-state index in [0.717, 1.165) is 12.8 Å². The van der Waals surface area contributed by atoms with Gasteiger partial charge in [0.1, 0.15) is 5.82 Å². The molecule has 20 heavy (non-hydrogen) atoms. The summed E-state index contributed by atoms with van der Waals surface area (Å²) in [5, 5.41) is 0. The second-order valence-corrected chi connectivity index (χ2v) is 5.00. The summed E-state index contributed by atoms with van der Waals surface area (Å²) in [6, 6.07) is 10.3. The molecule has 102 valence electrons. The lowest BCUT2D eigenvalue weighted by molar-refractivity contribution is 0.0728. The van der Waals surface area contributed by atoms with Crippen molar-refractivity contribution in [3.8, 4) is 0 Å². The first-order valence-electron chi connectivity index (χ1n) is 6.70. The third-order valence-electron chi connectivity index (χ3n) is 3.46. The van der Waals surface area contributed by atoms with Crippen molar-refractivity contribution in [1.82, 2.24) is 9.88 Å². The van der Waals surface area contributed by atoms with Crippen LogP contribution < -0.4 is 0 Å². The zero-order valence-corrected chi connectivity index (χ0v) is 11.0. The van der Waals surface area contributed by atoms with Crippen LogP contribution in [0.3, 0.4) is 0 Å². The number of carbonyl (C=O) groups excluding carboxylic acids is 1. The van der Waals surface area contributed by atoms with Crippen LogP contribution in [0, 0.1) is 5.82 Å². The van der Waals surface area contributed by atoms with E-state index in [1.165, 1.54) is 6.07 Å². The van der Waals surface area contributed by atoms with Crippen molar-refractivity contribution in [3.63, 3.8) is 0 Å². The van der Waals surface area contributed by atoms with Crippen LogP contribution in [-0.4, -0.2) is 21.8 Å². The van der Waals surface area contributed by atoms with Crippen molar-refractivity contribution in [3.05, 3.63) is 65.7 Å². The Hall–Kier alpha value is -2.23. The smallest absolute Gasteiger partial charge is 0.255 e. The first kappa shape index (κ1) is 12.8. The number of hydrogen-bond acceptors (Lipinski definition) is 2. The standard InChI is InChI=1S/C16H15FN2O/c17-15-6-2-1-4-13(15)11-19(14-7-8-14)16(20)12-5-3-9-18-10-12/h1-6,9-10,14H,7-8,11H2. The van der Waals surface area contributed by atoms with E-state index >= 15 is 0 Å². The Morgan fingerprint density at radius 1 is 1.25 bits per heavy atom. The third kappa shape index (κ3) is 2.69. The Kier molecular flexibility index (Phi) is 3.46. The van der Waals surface area contributed by atoms with Gasteiger partial charge < -0.3 is 4.90 Å². The molecule has 3 rings (SSSR count). The van der Waals surface area contributed by atoms with Crippen LogP contribution in [0.25, 0.3) is 0 Å². The molecule has 0 saturated heterocycles. The summed E-state index contributed by atoms with van der Waals surface area (Å²) >= 11 is 0. The fraction of sp³-hybridized carbons (Fsp3) is 0.250. The highest BCUT2D eigenvalue weighted by Gasteiger charge is 2.33. The van der Waals surface area contributed by atoms with Gasteiger partial charge in [-0.2, -0.15) is 0 Å². The highest BCUT2D eigenvalue weighted by Crippen LogP contribution is 2.30. The average molecular weight is 270 g/mol. The lowest BCUT2D eigenvalue weighted by Crippen LogP contribution is -2.33. The number of hydrogen-bond donors (Lipinski definition) is 0. The Bertz CT molecular complexity index is 611. The molecular formula is C16H15FN2O. The quantitative estimate of drug-likeness (QED) is 0.855. The SMILES string of the molecule is O=C(c1cccnc1)N(Cc1ccccc1F)C1CC1. The van der Waals surface area contributed by atoms with Gasteiger partial charge in [-0.15, -0.1) is 0 Å². The predicted molar refractivity (Wildman–Crippen MR) is 73.5 cm³/mol. The van der Waals surface area contributed by atoms with Crippen molar-refractivity contribution in [2.75, 3.05) is 0 Å². The van der Waals surface area contributed by atoms with Crippen LogP contribution in [0.1, 0.15) is 28.8 Å².